The molecular weight excluding hydrogens is 256 g/mol. The summed E-state index contributed by atoms with van der Waals surface area (Å²) in [5.41, 5.74) is 1.98. The lowest BCUT2D eigenvalue weighted by molar-refractivity contribution is 0.508. The largest absolute Gasteiger partial charge is 0.408 e. The number of anilines is 1. The average Bonchev–Trinajstić information content (AvgIpc) is 3.10. The number of aromatic nitrogens is 5. The quantitative estimate of drug-likeness (QED) is 0.690. The van der Waals surface area contributed by atoms with Gasteiger partial charge in [0.1, 0.15) is 5.52 Å². The Kier molecular flexibility index (Phi) is 3.58. The number of fused-ring (bicyclic) bond motifs is 1. The fourth-order valence-corrected chi connectivity index (χ4v) is 1.97. The highest BCUT2D eigenvalue weighted by atomic mass is 16.4. The van der Waals surface area contributed by atoms with Crippen LogP contribution in [0.4, 0.5) is 6.01 Å². The molecule has 104 valence electrons. The van der Waals surface area contributed by atoms with E-state index in [-0.39, 0.29) is 0 Å². The van der Waals surface area contributed by atoms with Gasteiger partial charge in [-0.1, -0.05) is 29.4 Å². The second kappa shape index (κ2) is 5.68. The lowest BCUT2D eigenvalue weighted by Crippen LogP contribution is -2.08. The Morgan fingerprint density at radius 2 is 2.10 bits per heavy atom. The summed E-state index contributed by atoms with van der Waals surface area (Å²) >= 11 is 0. The highest BCUT2D eigenvalue weighted by Crippen LogP contribution is 2.10. The van der Waals surface area contributed by atoms with Crippen molar-refractivity contribution in [1.29, 1.82) is 0 Å². The molecule has 1 aromatic carbocycles. The third-order valence-corrected chi connectivity index (χ3v) is 3.01. The maximum absolute atomic E-state index is 5.37. The van der Waals surface area contributed by atoms with Gasteiger partial charge in [0.15, 0.2) is 0 Å². The Hall–Kier alpha value is -2.44. The Labute approximate surface area is 116 Å². The summed E-state index contributed by atoms with van der Waals surface area (Å²) in [5.74, 6) is 0.648. The number of aryl methyl sites for hydroxylation is 2. The minimum absolute atomic E-state index is 0.477. The van der Waals surface area contributed by atoms with E-state index in [1.165, 1.54) is 0 Å². The fraction of sp³-hybridized carbons (Fsp3) is 0.385. The van der Waals surface area contributed by atoms with Gasteiger partial charge in [0.25, 0.3) is 0 Å². The highest BCUT2D eigenvalue weighted by Gasteiger charge is 2.04. The van der Waals surface area contributed by atoms with Gasteiger partial charge in [0.05, 0.1) is 5.52 Å². The summed E-state index contributed by atoms with van der Waals surface area (Å²) in [6.45, 7) is 3.52. The molecule has 7 heteroatoms. The summed E-state index contributed by atoms with van der Waals surface area (Å²) in [7, 11) is 0. The number of benzene rings is 1. The molecule has 1 N–H and O–H groups in total. The first kappa shape index (κ1) is 12.6. The van der Waals surface area contributed by atoms with Gasteiger partial charge in [0, 0.05) is 19.5 Å². The molecule has 7 nitrogen and oxygen atoms in total. The second-order valence-corrected chi connectivity index (χ2v) is 4.44. The van der Waals surface area contributed by atoms with Crippen molar-refractivity contribution >= 4 is 17.0 Å². The molecule has 0 fully saturated rings. The monoisotopic (exact) mass is 272 g/mol. The van der Waals surface area contributed by atoms with Gasteiger partial charge in [-0.05, 0) is 18.6 Å². The first-order valence-electron chi connectivity index (χ1n) is 6.71. The van der Waals surface area contributed by atoms with Crippen LogP contribution in [-0.4, -0.2) is 31.7 Å². The lowest BCUT2D eigenvalue weighted by Gasteiger charge is -2.02. The van der Waals surface area contributed by atoms with E-state index in [1.807, 2.05) is 35.9 Å². The van der Waals surface area contributed by atoms with Gasteiger partial charge in [-0.15, -0.1) is 10.2 Å². The van der Waals surface area contributed by atoms with Crippen molar-refractivity contribution in [3.05, 3.63) is 30.2 Å². The Balaban J connectivity index is 1.52. The van der Waals surface area contributed by atoms with Crippen LogP contribution in [0, 0.1) is 0 Å². The van der Waals surface area contributed by atoms with Gasteiger partial charge in [0.2, 0.25) is 5.89 Å². The molecule has 0 aliphatic heterocycles. The molecule has 2 heterocycles. The Morgan fingerprint density at radius 1 is 1.20 bits per heavy atom. The molecule has 0 saturated carbocycles. The first-order chi connectivity index (χ1) is 9.86. The van der Waals surface area contributed by atoms with Crippen LogP contribution in [0.15, 0.2) is 28.7 Å². The standard InChI is InChI=1S/C13H16N6O/c1-2-12-16-17-13(20-12)14-8-5-9-19-11-7-4-3-6-10(11)15-18-19/h3-4,6-7H,2,5,8-9H2,1H3,(H,14,17). The Bertz CT molecular complexity index is 689. The normalized spacial score (nSPS) is 11.1. The molecule has 0 aliphatic rings. The Morgan fingerprint density at radius 3 is 2.95 bits per heavy atom. The van der Waals surface area contributed by atoms with Gasteiger partial charge >= 0.3 is 6.01 Å². The summed E-state index contributed by atoms with van der Waals surface area (Å²) in [5, 5.41) is 19.2. The predicted octanol–water partition coefficient (Wildman–Crippen LogP) is 1.88. The van der Waals surface area contributed by atoms with E-state index in [2.05, 4.69) is 25.8 Å². The summed E-state index contributed by atoms with van der Waals surface area (Å²) in [6.07, 6.45) is 1.65. The molecule has 0 amide bonds. The van der Waals surface area contributed by atoms with E-state index < -0.39 is 0 Å². The third-order valence-electron chi connectivity index (χ3n) is 3.01. The topological polar surface area (TPSA) is 81.7 Å². The lowest BCUT2D eigenvalue weighted by atomic mass is 10.3. The number of nitrogens with zero attached hydrogens (tertiary/aromatic N) is 5. The number of para-hydroxylation sites is 1. The van der Waals surface area contributed by atoms with Crippen LogP contribution in [0.3, 0.4) is 0 Å². The van der Waals surface area contributed by atoms with Crippen LogP contribution in [0.2, 0.25) is 0 Å². The zero-order valence-electron chi connectivity index (χ0n) is 11.3. The molecule has 3 aromatic rings. The zero-order valence-corrected chi connectivity index (χ0v) is 11.3. The molecule has 0 radical (unpaired) electrons. The van der Waals surface area contributed by atoms with Gasteiger partial charge in [-0.2, -0.15) is 0 Å². The van der Waals surface area contributed by atoms with Crippen LogP contribution in [0.1, 0.15) is 19.2 Å². The maximum atomic E-state index is 5.37. The molecule has 0 bridgehead atoms. The van der Waals surface area contributed by atoms with Crippen LogP contribution in [-0.2, 0) is 13.0 Å². The van der Waals surface area contributed by atoms with E-state index >= 15 is 0 Å². The van der Waals surface area contributed by atoms with Crippen LogP contribution in [0.5, 0.6) is 0 Å². The number of nitrogens with one attached hydrogen (secondary N) is 1. The van der Waals surface area contributed by atoms with Crippen molar-refractivity contribution < 1.29 is 4.42 Å². The highest BCUT2D eigenvalue weighted by molar-refractivity contribution is 5.73. The van der Waals surface area contributed by atoms with Gasteiger partial charge in [-0.3, -0.25) is 0 Å². The molecular formula is C13H16N6O. The molecule has 0 unspecified atom stereocenters. The molecule has 0 atom stereocenters. The predicted molar refractivity (Wildman–Crippen MR) is 74.3 cm³/mol. The second-order valence-electron chi connectivity index (χ2n) is 4.44. The van der Waals surface area contributed by atoms with Crippen LogP contribution in [0.25, 0.3) is 11.0 Å². The van der Waals surface area contributed by atoms with E-state index in [1.54, 1.807) is 0 Å². The number of hydrogen-bond acceptors (Lipinski definition) is 6. The van der Waals surface area contributed by atoms with Crippen molar-refractivity contribution in [2.75, 3.05) is 11.9 Å². The van der Waals surface area contributed by atoms with E-state index in [0.29, 0.717) is 11.9 Å². The van der Waals surface area contributed by atoms with Crippen LogP contribution < -0.4 is 5.32 Å². The molecule has 0 aliphatic carbocycles. The van der Waals surface area contributed by atoms with Crippen LogP contribution >= 0.6 is 0 Å². The van der Waals surface area contributed by atoms with Crippen molar-refractivity contribution in [2.24, 2.45) is 0 Å². The number of rotatable bonds is 6. The average molecular weight is 272 g/mol. The van der Waals surface area contributed by atoms with Crippen molar-refractivity contribution in [3.8, 4) is 0 Å². The van der Waals surface area contributed by atoms with Gasteiger partial charge < -0.3 is 9.73 Å². The third kappa shape index (κ3) is 2.61. The van der Waals surface area contributed by atoms with E-state index in [4.69, 9.17) is 4.42 Å². The first-order valence-corrected chi connectivity index (χ1v) is 6.71. The molecule has 20 heavy (non-hydrogen) atoms. The SMILES string of the molecule is CCc1nnc(NCCCn2nnc3ccccc32)o1. The molecule has 3 rings (SSSR count). The van der Waals surface area contributed by atoms with Gasteiger partial charge in [-0.25, -0.2) is 4.68 Å². The molecule has 0 spiro atoms. The zero-order chi connectivity index (χ0) is 13.8. The maximum Gasteiger partial charge on any atom is 0.315 e. The summed E-state index contributed by atoms with van der Waals surface area (Å²) in [4.78, 5) is 0. The summed E-state index contributed by atoms with van der Waals surface area (Å²) in [6, 6.07) is 8.41. The minimum Gasteiger partial charge on any atom is -0.408 e. The minimum atomic E-state index is 0.477. The smallest absolute Gasteiger partial charge is 0.315 e. The van der Waals surface area contributed by atoms with E-state index in [9.17, 15) is 0 Å². The number of hydrogen-bond donors (Lipinski definition) is 1. The molecule has 0 saturated heterocycles. The fourth-order valence-electron chi connectivity index (χ4n) is 1.97. The summed E-state index contributed by atoms with van der Waals surface area (Å²) < 4.78 is 7.28. The van der Waals surface area contributed by atoms with E-state index in [0.717, 1.165) is 37.0 Å². The van der Waals surface area contributed by atoms with Crippen molar-refractivity contribution in [1.82, 2.24) is 25.2 Å². The van der Waals surface area contributed by atoms with Crippen molar-refractivity contribution in [3.63, 3.8) is 0 Å². The molecule has 2 aromatic heterocycles. The van der Waals surface area contributed by atoms with Crippen molar-refractivity contribution in [2.45, 2.75) is 26.3 Å².